The van der Waals surface area contributed by atoms with Gasteiger partial charge in [-0.2, -0.15) is 0 Å². The van der Waals surface area contributed by atoms with Crippen LogP contribution in [0.2, 0.25) is 0 Å². The van der Waals surface area contributed by atoms with Crippen LogP contribution in [0.5, 0.6) is 0 Å². The molecule has 0 spiro atoms. The van der Waals surface area contributed by atoms with Crippen molar-refractivity contribution in [2.75, 3.05) is 0 Å². The largest absolute Gasteiger partial charge is 0.384 e. The first kappa shape index (κ1) is 12.7. The van der Waals surface area contributed by atoms with Crippen LogP contribution in [0.4, 0.5) is 0 Å². The minimum absolute atomic E-state index is 0.0224. The van der Waals surface area contributed by atoms with E-state index in [1.165, 1.54) is 11.8 Å². The standard InChI is InChI=1S/C14H13N5S/c1-8-6-7-17-13(11(8)12(15)16)20-14-18-9-4-2-3-5-10(9)19-14/h2-7H,1H3,(H3,15,16)(H,18,19). The number of amidine groups is 1. The number of H-pyrrole nitrogens is 1. The second-order valence-electron chi connectivity index (χ2n) is 4.38. The molecule has 0 unspecified atom stereocenters. The molecule has 1 aromatic carbocycles. The van der Waals surface area contributed by atoms with Crippen molar-refractivity contribution in [2.45, 2.75) is 17.1 Å². The van der Waals surface area contributed by atoms with E-state index in [0.29, 0.717) is 10.6 Å². The smallest absolute Gasteiger partial charge is 0.172 e. The number of hydrogen-bond donors (Lipinski definition) is 3. The summed E-state index contributed by atoms with van der Waals surface area (Å²) in [5.74, 6) is 0.0224. The van der Waals surface area contributed by atoms with Crippen LogP contribution in [-0.4, -0.2) is 20.8 Å². The number of fused-ring (bicyclic) bond motifs is 1. The monoisotopic (exact) mass is 283 g/mol. The van der Waals surface area contributed by atoms with Crippen molar-refractivity contribution < 1.29 is 0 Å². The summed E-state index contributed by atoms with van der Waals surface area (Å²) in [5, 5.41) is 9.12. The van der Waals surface area contributed by atoms with Gasteiger partial charge in [-0.15, -0.1) is 0 Å². The van der Waals surface area contributed by atoms with Crippen LogP contribution >= 0.6 is 11.8 Å². The van der Waals surface area contributed by atoms with E-state index in [0.717, 1.165) is 21.8 Å². The Morgan fingerprint density at radius 2 is 2.10 bits per heavy atom. The summed E-state index contributed by atoms with van der Waals surface area (Å²) in [5.41, 5.74) is 9.13. The second-order valence-corrected chi connectivity index (χ2v) is 5.36. The van der Waals surface area contributed by atoms with E-state index in [1.54, 1.807) is 6.20 Å². The third kappa shape index (κ3) is 2.25. The van der Waals surface area contributed by atoms with Crippen molar-refractivity contribution in [3.63, 3.8) is 0 Å². The van der Waals surface area contributed by atoms with Gasteiger partial charge in [-0.3, -0.25) is 5.41 Å². The fraction of sp³-hybridized carbons (Fsp3) is 0.0714. The zero-order valence-corrected chi connectivity index (χ0v) is 11.7. The predicted molar refractivity (Wildman–Crippen MR) is 80.2 cm³/mol. The van der Waals surface area contributed by atoms with E-state index in [4.69, 9.17) is 11.1 Å². The molecule has 0 aliphatic rings. The number of aromatic amines is 1. The van der Waals surface area contributed by atoms with E-state index in [9.17, 15) is 0 Å². The maximum atomic E-state index is 7.68. The highest BCUT2D eigenvalue weighted by molar-refractivity contribution is 7.99. The quantitative estimate of drug-likeness (QED) is 0.509. The number of aryl methyl sites for hydroxylation is 1. The number of nitrogens with two attached hydrogens (primary N) is 1. The van der Waals surface area contributed by atoms with Crippen molar-refractivity contribution in [3.05, 3.63) is 47.7 Å². The molecule has 0 saturated heterocycles. The molecule has 0 bridgehead atoms. The fourth-order valence-corrected chi connectivity index (χ4v) is 2.98. The zero-order valence-electron chi connectivity index (χ0n) is 10.8. The number of nitrogens with zero attached hydrogens (tertiary/aromatic N) is 2. The third-order valence-electron chi connectivity index (χ3n) is 2.95. The number of benzene rings is 1. The Hall–Kier alpha value is -2.34. The molecular weight excluding hydrogens is 270 g/mol. The molecule has 5 nitrogen and oxygen atoms in total. The van der Waals surface area contributed by atoms with Gasteiger partial charge in [0, 0.05) is 6.20 Å². The highest BCUT2D eigenvalue weighted by atomic mass is 32.2. The first-order valence-electron chi connectivity index (χ1n) is 6.08. The van der Waals surface area contributed by atoms with Crippen LogP contribution in [-0.2, 0) is 0 Å². The molecule has 3 rings (SSSR count). The number of hydrogen-bond acceptors (Lipinski definition) is 4. The van der Waals surface area contributed by atoms with Gasteiger partial charge in [0.05, 0.1) is 16.6 Å². The van der Waals surface area contributed by atoms with Gasteiger partial charge >= 0.3 is 0 Å². The van der Waals surface area contributed by atoms with Gasteiger partial charge in [-0.25, -0.2) is 9.97 Å². The van der Waals surface area contributed by atoms with Gasteiger partial charge in [0.1, 0.15) is 10.9 Å². The lowest BCUT2D eigenvalue weighted by molar-refractivity contribution is 1.04. The number of imidazole rings is 1. The Bertz CT molecular complexity index is 760. The van der Waals surface area contributed by atoms with E-state index in [2.05, 4.69) is 15.0 Å². The van der Waals surface area contributed by atoms with Crippen molar-refractivity contribution in [1.82, 2.24) is 15.0 Å². The SMILES string of the molecule is Cc1ccnc(Sc2nc3ccccc3[nH]2)c1C(=N)N. The third-order valence-corrected chi connectivity index (χ3v) is 3.84. The second kappa shape index (κ2) is 4.97. The van der Waals surface area contributed by atoms with Gasteiger partial charge < -0.3 is 10.7 Å². The summed E-state index contributed by atoms with van der Waals surface area (Å²) in [4.78, 5) is 12.0. The minimum atomic E-state index is 0.0224. The summed E-state index contributed by atoms with van der Waals surface area (Å²) in [6.45, 7) is 1.92. The molecule has 4 N–H and O–H groups in total. The molecule has 6 heteroatoms. The van der Waals surface area contributed by atoms with Crippen LogP contribution in [0, 0.1) is 12.3 Å². The maximum Gasteiger partial charge on any atom is 0.172 e. The van der Waals surface area contributed by atoms with Crippen LogP contribution in [0.15, 0.2) is 46.7 Å². The molecule has 100 valence electrons. The molecule has 0 aliphatic carbocycles. The van der Waals surface area contributed by atoms with Crippen molar-refractivity contribution >= 4 is 28.6 Å². The van der Waals surface area contributed by atoms with Gasteiger partial charge in [-0.05, 0) is 42.4 Å². The number of nitrogen functional groups attached to an aromatic ring is 1. The number of nitrogens with one attached hydrogen (secondary N) is 2. The van der Waals surface area contributed by atoms with Crippen LogP contribution in [0.3, 0.4) is 0 Å². The molecule has 2 heterocycles. The van der Waals surface area contributed by atoms with E-state index in [-0.39, 0.29) is 5.84 Å². The van der Waals surface area contributed by atoms with Crippen LogP contribution in [0.25, 0.3) is 11.0 Å². The van der Waals surface area contributed by atoms with Gasteiger partial charge in [0.25, 0.3) is 0 Å². The zero-order chi connectivity index (χ0) is 14.1. The molecule has 0 radical (unpaired) electrons. The average Bonchev–Trinajstić information content (AvgIpc) is 2.80. The van der Waals surface area contributed by atoms with E-state index in [1.807, 2.05) is 37.3 Å². The highest BCUT2D eigenvalue weighted by Gasteiger charge is 2.13. The lowest BCUT2D eigenvalue weighted by atomic mass is 10.1. The molecular formula is C14H13N5S. The molecule has 0 aliphatic heterocycles. The molecule has 0 amide bonds. The molecule has 2 aromatic heterocycles. The predicted octanol–water partition coefficient (Wildman–Crippen LogP) is 2.70. The fourth-order valence-electron chi connectivity index (χ4n) is 2.01. The highest BCUT2D eigenvalue weighted by Crippen LogP contribution is 2.29. The number of rotatable bonds is 3. The van der Waals surface area contributed by atoms with Crippen molar-refractivity contribution in [1.29, 1.82) is 5.41 Å². The molecule has 0 fully saturated rings. The Labute approximate surface area is 120 Å². The summed E-state index contributed by atoms with van der Waals surface area (Å²) < 4.78 is 0. The number of pyridine rings is 1. The Balaban J connectivity index is 2.02. The van der Waals surface area contributed by atoms with Crippen molar-refractivity contribution in [3.8, 4) is 0 Å². The molecule has 20 heavy (non-hydrogen) atoms. The normalized spacial score (nSPS) is 10.8. The van der Waals surface area contributed by atoms with Crippen molar-refractivity contribution in [2.24, 2.45) is 5.73 Å². The first-order chi connectivity index (χ1) is 9.65. The summed E-state index contributed by atoms with van der Waals surface area (Å²) in [7, 11) is 0. The Morgan fingerprint density at radius 3 is 2.85 bits per heavy atom. The molecule has 3 aromatic rings. The van der Waals surface area contributed by atoms with Gasteiger partial charge in [0.15, 0.2) is 5.16 Å². The first-order valence-corrected chi connectivity index (χ1v) is 6.89. The Kier molecular flexibility index (Phi) is 3.15. The van der Waals surface area contributed by atoms with Gasteiger partial charge in [-0.1, -0.05) is 12.1 Å². The summed E-state index contributed by atoms with van der Waals surface area (Å²) in [6.07, 6.45) is 1.72. The average molecular weight is 283 g/mol. The van der Waals surface area contributed by atoms with Crippen LogP contribution < -0.4 is 5.73 Å². The summed E-state index contributed by atoms with van der Waals surface area (Å²) >= 11 is 1.38. The van der Waals surface area contributed by atoms with Gasteiger partial charge in [0.2, 0.25) is 0 Å². The molecule has 0 saturated carbocycles. The summed E-state index contributed by atoms with van der Waals surface area (Å²) in [6, 6.07) is 9.68. The van der Waals surface area contributed by atoms with E-state index < -0.39 is 0 Å². The molecule has 0 atom stereocenters. The van der Waals surface area contributed by atoms with Crippen LogP contribution in [0.1, 0.15) is 11.1 Å². The Morgan fingerprint density at radius 1 is 1.30 bits per heavy atom. The maximum absolute atomic E-state index is 7.68. The minimum Gasteiger partial charge on any atom is -0.384 e. The number of aromatic nitrogens is 3. The lowest BCUT2D eigenvalue weighted by Crippen LogP contribution is -2.14. The topological polar surface area (TPSA) is 91.4 Å². The van der Waals surface area contributed by atoms with E-state index >= 15 is 0 Å². The lowest BCUT2D eigenvalue weighted by Gasteiger charge is -2.07. The number of para-hydroxylation sites is 2.